The molecule has 6 nitrogen and oxygen atoms in total. The monoisotopic (exact) mass is 360 g/mol. The van der Waals surface area contributed by atoms with E-state index in [9.17, 15) is 0 Å². The lowest BCUT2D eigenvalue weighted by Crippen LogP contribution is -2.10. The maximum absolute atomic E-state index is 5.57. The number of hydrogen-bond acceptors (Lipinski definition) is 6. The van der Waals surface area contributed by atoms with Gasteiger partial charge in [0.25, 0.3) is 5.89 Å². The lowest BCUT2D eigenvalue weighted by Gasteiger charge is -2.09. The van der Waals surface area contributed by atoms with Crippen molar-refractivity contribution in [2.75, 3.05) is 14.1 Å². The zero-order valence-corrected chi connectivity index (χ0v) is 15.5. The Kier molecular flexibility index (Phi) is 4.56. The van der Waals surface area contributed by atoms with Crippen molar-refractivity contribution in [2.24, 2.45) is 0 Å². The molecule has 0 aliphatic heterocycles. The van der Waals surface area contributed by atoms with E-state index >= 15 is 0 Å². The summed E-state index contributed by atoms with van der Waals surface area (Å²) >= 11 is 0. The molecule has 4 rings (SSSR count). The third kappa shape index (κ3) is 3.66. The largest absolute Gasteiger partial charge is 0.443 e. The molecular weight excluding hydrogens is 340 g/mol. The van der Waals surface area contributed by atoms with Crippen molar-refractivity contribution in [3.8, 4) is 34.3 Å². The maximum atomic E-state index is 5.57. The van der Waals surface area contributed by atoms with Crippen molar-refractivity contribution < 1.29 is 8.94 Å². The number of rotatable bonds is 5. The van der Waals surface area contributed by atoms with Gasteiger partial charge in [-0.3, -0.25) is 0 Å². The van der Waals surface area contributed by atoms with Crippen molar-refractivity contribution >= 4 is 0 Å². The SMILES string of the molecule is Cc1ccc(-c2ocnc2-c2nc(-c3ccc(CN(C)C)cc3)no2)cc1. The number of aryl methyl sites for hydroxylation is 1. The van der Waals surface area contributed by atoms with Gasteiger partial charge in [0.15, 0.2) is 17.8 Å². The summed E-state index contributed by atoms with van der Waals surface area (Å²) in [6, 6.07) is 16.2. The van der Waals surface area contributed by atoms with E-state index in [0.717, 1.165) is 17.7 Å². The Morgan fingerprint density at radius 1 is 0.926 bits per heavy atom. The van der Waals surface area contributed by atoms with E-state index in [1.54, 1.807) is 0 Å². The van der Waals surface area contributed by atoms with Crippen LogP contribution in [0, 0.1) is 6.92 Å². The van der Waals surface area contributed by atoms with E-state index in [4.69, 9.17) is 8.94 Å². The van der Waals surface area contributed by atoms with E-state index in [1.165, 1.54) is 17.5 Å². The molecule has 0 aliphatic carbocycles. The van der Waals surface area contributed by atoms with Crippen LogP contribution in [0.2, 0.25) is 0 Å². The molecule has 4 aromatic rings. The summed E-state index contributed by atoms with van der Waals surface area (Å²) in [4.78, 5) is 10.9. The van der Waals surface area contributed by atoms with Gasteiger partial charge in [0.1, 0.15) is 0 Å². The fraction of sp³-hybridized carbons (Fsp3) is 0.190. The smallest absolute Gasteiger partial charge is 0.280 e. The molecule has 2 heterocycles. The van der Waals surface area contributed by atoms with Crippen LogP contribution < -0.4 is 0 Å². The average molecular weight is 360 g/mol. The Labute approximate surface area is 157 Å². The minimum absolute atomic E-state index is 0.340. The summed E-state index contributed by atoms with van der Waals surface area (Å²) in [5, 5.41) is 4.10. The topological polar surface area (TPSA) is 68.2 Å². The summed E-state index contributed by atoms with van der Waals surface area (Å²) in [5.74, 6) is 1.48. The summed E-state index contributed by atoms with van der Waals surface area (Å²) in [5.41, 5.74) is 4.76. The summed E-state index contributed by atoms with van der Waals surface area (Å²) < 4.78 is 11.0. The molecule has 6 heteroatoms. The molecule has 136 valence electrons. The van der Waals surface area contributed by atoms with Crippen molar-refractivity contribution in [1.29, 1.82) is 0 Å². The number of hydrogen-bond donors (Lipinski definition) is 0. The van der Waals surface area contributed by atoms with Crippen LogP contribution in [0.5, 0.6) is 0 Å². The first-order valence-electron chi connectivity index (χ1n) is 8.69. The van der Waals surface area contributed by atoms with Crippen molar-refractivity contribution in [3.05, 3.63) is 66.1 Å². The number of benzene rings is 2. The van der Waals surface area contributed by atoms with Crippen molar-refractivity contribution in [3.63, 3.8) is 0 Å². The predicted octanol–water partition coefficient (Wildman–Crippen LogP) is 4.43. The highest BCUT2D eigenvalue weighted by Gasteiger charge is 2.19. The Morgan fingerprint density at radius 3 is 2.33 bits per heavy atom. The second kappa shape index (κ2) is 7.17. The minimum atomic E-state index is 0.340. The second-order valence-electron chi connectivity index (χ2n) is 6.75. The highest BCUT2D eigenvalue weighted by molar-refractivity contribution is 5.73. The fourth-order valence-electron chi connectivity index (χ4n) is 2.87. The van der Waals surface area contributed by atoms with E-state index < -0.39 is 0 Å². The molecule has 0 aliphatic rings. The molecule has 27 heavy (non-hydrogen) atoms. The normalized spacial score (nSPS) is 11.3. The molecule has 2 aromatic carbocycles. The van der Waals surface area contributed by atoms with Gasteiger partial charge in [-0.15, -0.1) is 0 Å². The summed E-state index contributed by atoms with van der Waals surface area (Å²) in [6.45, 7) is 2.93. The zero-order chi connectivity index (χ0) is 18.8. The van der Waals surface area contributed by atoms with Gasteiger partial charge < -0.3 is 13.8 Å². The Balaban J connectivity index is 1.62. The van der Waals surface area contributed by atoms with Crippen molar-refractivity contribution in [2.45, 2.75) is 13.5 Å². The molecule has 0 spiro atoms. The quantitative estimate of drug-likeness (QED) is 0.524. The Bertz CT molecular complexity index is 1030. The van der Waals surface area contributed by atoms with Crippen LogP contribution in [0.4, 0.5) is 0 Å². The number of nitrogens with zero attached hydrogens (tertiary/aromatic N) is 4. The van der Waals surface area contributed by atoms with Gasteiger partial charge in [0, 0.05) is 17.7 Å². The van der Waals surface area contributed by atoms with Gasteiger partial charge in [-0.1, -0.05) is 59.3 Å². The van der Waals surface area contributed by atoms with Crippen LogP contribution in [0.3, 0.4) is 0 Å². The standard InChI is InChI=1S/C21H20N4O2/c1-14-4-8-16(9-5-14)19-18(22-13-26-19)21-23-20(24-27-21)17-10-6-15(7-11-17)12-25(2)3/h4-11,13H,12H2,1-3H3. The van der Waals surface area contributed by atoms with Gasteiger partial charge >= 0.3 is 0 Å². The van der Waals surface area contributed by atoms with E-state index in [1.807, 2.05) is 57.4 Å². The van der Waals surface area contributed by atoms with Crippen LogP contribution in [0.1, 0.15) is 11.1 Å². The summed E-state index contributed by atoms with van der Waals surface area (Å²) in [6.07, 6.45) is 1.39. The van der Waals surface area contributed by atoms with Crippen LogP contribution >= 0.6 is 0 Å². The van der Waals surface area contributed by atoms with Crippen LogP contribution in [-0.4, -0.2) is 34.1 Å². The fourth-order valence-corrected chi connectivity index (χ4v) is 2.87. The second-order valence-corrected chi connectivity index (χ2v) is 6.75. The Hall–Kier alpha value is -3.25. The van der Waals surface area contributed by atoms with Crippen LogP contribution in [0.25, 0.3) is 34.3 Å². The van der Waals surface area contributed by atoms with Crippen LogP contribution in [-0.2, 0) is 6.54 Å². The van der Waals surface area contributed by atoms with E-state index in [-0.39, 0.29) is 0 Å². The van der Waals surface area contributed by atoms with Crippen molar-refractivity contribution in [1.82, 2.24) is 20.0 Å². The Morgan fingerprint density at radius 2 is 1.63 bits per heavy atom. The van der Waals surface area contributed by atoms with Gasteiger partial charge in [-0.05, 0) is 26.6 Å². The molecule has 0 unspecified atom stereocenters. The molecule has 0 saturated carbocycles. The van der Waals surface area contributed by atoms with E-state index in [2.05, 4.69) is 32.2 Å². The van der Waals surface area contributed by atoms with Gasteiger partial charge in [0.05, 0.1) is 0 Å². The number of oxazole rings is 1. The first-order valence-corrected chi connectivity index (χ1v) is 8.69. The first kappa shape index (κ1) is 17.2. The third-order valence-electron chi connectivity index (χ3n) is 4.22. The molecule has 0 atom stereocenters. The van der Waals surface area contributed by atoms with Gasteiger partial charge in [-0.25, -0.2) is 4.98 Å². The molecule has 0 bridgehead atoms. The molecule has 2 aromatic heterocycles. The zero-order valence-electron chi connectivity index (χ0n) is 15.5. The highest BCUT2D eigenvalue weighted by Crippen LogP contribution is 2.31. The molecule has 0 saturated heterocycles. The predicted molar refractivity (Wildman–Crippen MR) is 103 cm³/mol. The lowest BCUT2D eigenvalue weighted by atomic mass is 10.1. The minimum Gasteiger partial charge on any atom is -0.443 e. The van der Waals surface area contributed by atoms with Crippen LogP contribution in [0.15, 0.2) is 63.9 Å². The first-order chi connectivity index (χ1) is 13.1. The average Bonchev–Trinajstić information content (AvgIpc) is 3.32. The van der Waals surface area contributed by atoms with E-state index in [0.29, 0.717) is 23.2 Å². The number of aromatic nitrogens is 3. The third-order valence-corrected chi connectivity index (χ3v) is 4.22. The molecular formula is C21H20N4O2. The van der Waals surface area contributed by atoms with Gasteiger partial charge in [0.2, 0.25) is 5.82 Å². The molecule has 0 N–H and O–H groups in total. The lowest BCUT2D eigenvalue weighted by molar-refractivity contribution is 0.402. The highest BCUT2D eigenvalue weighted by atomic mass is 16.5. The molecule has 0 radical (unpaired) electrons. The summed E-state index contributed by atoms with van der Waals surface area (Å²) in [7, 11) is 4.09. The molecule has 0 fully saturated rings. The molecule has 0 amide bonds. The maximum Gasteiger partial charge on any atom is 0.280 e. The van der Waals surface area contributed by atoms with Gasteiger partial charge in [-0.2, -0.15) is 4.98 Å².